The van der Waals surface area contributed by atoms with E-state index in [1.807, 2.05) is 41.1 Å². The molecule has 2 aromatic carbocycles. The third-order valence-electron chi connectivity index (χ3n) is 4.20. The van der Waals surface area contributed by atoms with Gasteiger partial charge in [-0.05, 0) is 36.4 Å². The highest BCUT2D eigenvalue weighted by Gasteiger charge is 2.13. The SMILES string of the molecule is O=C(Nc1ccccc1OCCn1ccnc1)c1ccn(-c2cccc(Cl)c2)n1. The monoisotopic (exact) mass is 407 g/mol. The first-order valence-electron chi connectivity index (χ1n) is 8.99. The van der Waals surface area contributed by atoms with Gasteiger partial charge in [0.2, 0.25) is 0 Å². The van der Waals surface area contributed by atoms with E-state index in [0.29, 0.717) is 29.6 Å². The molecule has 0 aliphatic carbocycles. The van der Waals surface area contributed by atoms with Crippen LogP contribution in [0, 0.1) is 0 Å². The van der Waals surface area contributed by atoms with Crippen LogP contribution in [0.25, 0.3) is 5.69 Å². The van der Waals surface area contributed by atoms with Crippen LogP contribution < -0.4 is 10.1 Å². The van der Waals surface area contributed by atoms with Crippen LogP contribution in [0.15, 0.2) is 79.5 Å². The maximum absolute atomic E-state index is 12.7. The van der Waals surface area contributed by atoms with Gasteiger partial charge in [0.05, 0.1) is 24.2 Å². The minimum absolute atomic E-state index is 0.290. The molecule has 0 radical (unpaired) electrons. The summed E-state index contributed by atoms with van der Waals surface area (Å²) < 4.78 is 9.36. The molecule has 0 spiro atoms. The lowest BCUT2D eigenvalue weighted by molar-refractivity contribution is 0.102. The standard InChI is InChI=1S/C21H18ClN5O2/c22-16-4-3-5-17(14-16)27-10-8-19(25-27)21(28)24-18-6-1-2-7-20(18)29-13-12-26-11-9-23-15-26/h1-11,14-15H,12-13H2,(H,24,28). The number of nitrogens with one attached hydrogen (secondary N) is 1. The number of amides is 1. The zero-order chi connectivity index (χ0) is 20.1. The van der Waals surface area contributed by atoms with Crippen LogP contribution in [0.3, 0.4) is 0 Å². The Morgan fingerprint density at radius 3 is 2.83 bits per heavy atom. The van der Waals surface area contributed by atoms with E-state index in [4.69, 9.17) is 16.3 Å². The number of hydrogen-bond acceptors (Lipinski definition) is 4. The highest BCUT2D eigenvalue weighted by atomic mass is 35.5. The predicted octanol–water partition coefficient (Wildman–Crippen LogP) is 4.05. The molecule has 2 heterocycles. The molecule has 0 atom stereocenters. The third kappa shape index (κ3) is 4.64. The number of carbonyl (C=O) groups excluding carboxylic acids is 1. The summed E-state index contributed by atoms with van der Waals surface area (Å²) in [5.74, 6) is 0.270. The number of halogens is 1. The van der Waals surface area contributed by atoms with Gasteiger partial charge in [-0.3, -0.25) is 4.79 Å². The molecule has 0 unspecified atom stereocenters. The first kappa shape index (κ1) is 18.8. The summed E-state index contributed by atoms with van der Waals surface area (Å²) in [6, 6.07) is 16.2. The van der Waals surface area contributed by atoms with Crippen LogP contribution >= 0.6 is 11.6 Å². The van der Waals surface area contributed by atoms with Gasteiger partial charge in [-0.15, -0.1) is 0 Å². The molecule has 4 aromatic rings. The Bertz CT molecular complexity index is 1110. The van der Waals surface area contributed by atoms with Crippen molar-refractivity contribution in [3.63, 3.8) is 0 Å². The Morgan fingerprint density at radius 1 is 1.10 bits per heavy atom. The lowest BCUT2D eigenvalue weighted by Crippen LogP contribution is -2.15. The van der Waals surface area contributed by atoms with Crippen LogP contribution in [0.4, 0.5) is 5.69 Å². The number of nitrogens with zero attached hydrogens (tertiary/aromatic N) is 4. The highest BCUT2D eigenvalue weighted by molar-refractivity contribution is 6.30. The van der Waals surface area contributed by atoms with Gasteiger partial charge in [-0.2, -0.15) is 5.10 Å². The van der Waals surface area contributed by atoms with Gasteiger partial charge in [0.25, 0.3) is 5.91 Å². The summed E-state index contributed by atoms with van der Waals surface area (Å²) in [4.78, 5) is 16.7. The topological polar surface area (TPSA) is 74.0 Å². The van der Waals surface area contributed by atoms with Crippen molar-refractivity contribution in [3.8, 4) is 11.4 Å². The lowest BCUT2D eigenvalue weighted by Gasteiger charge is -2.12. The number of aromatic nitrogens is 4. The molecule has 0 saturated heterocycles. The summed E-state index contributed by atoms with van der Waals surface area (Å²) in [5.41, 5.74) is 1.65. The van der Waals surface area contributed by atoms with Crippen molar-refractivity contribution < 1.29 is 9.53 Å². The molecule has 0 aliphatic rings. The van der Waals surface area contributed by atoms with E-state index >= 15 is 0 Å². The van der Waals surface area contributed by atoms with E-state index in [1.165, 1.54) is 0 Å². The maximum Gasteiger partial charge on any atom is 0.276 e. The number of anilines is 1. The first-order chi connectivity index (χ1) is 14.2. The molecule has 29 heavy (non-hydrogen) atoms. The molecular formula is C21H18ClN5O2. The van der Waals surface area contributed by atoms with Crippen LogP contribution in [0.5, 0.6) is 5.75 Å². The van der Waals surface area contributed by atoms with E-state index in [9.17, 15) is 4.79 Å². The van der Waals surface area contributed by atoms with Gasteiger partial charge in [0.1, 0.15) is 12.4 Å². The summed E-state index contributed by atoms with van der Waals surface area (Å²) in [7, 11) is 0. The molecule has 146 valence electrons. The number of carbonyl (C=O) groups is 1. The highest BCUT2D eigenvalue weighted by Crippen LogP contribution is 2.24. The minimum Gasteiger partial charge on any atom is -0.490 e. The molecule has 1 amide bonds. The maximum atomic E-state index is 12.7. The van der Waals surface area contributed by atoms with E-state index < -0.39 is 0 Å². The van der Waals surface area contributed by atoms with E-state index in [-0.39, 0.29) is 11.6 Å². The number of imidazole rings is 1. The molecule has 0 aliphatic heterocycles. The Hall–Kier alpha value is -3.58. The van der Waals surface area contributed by atoms with Gasteiger partial charge in [-0.25, -0.2) is 9.67 Å². The zero-order valence-corrected chi connectivity index (χ0v) is 16.2. The molecular weight excluding hydrogens is 390 g/mol. The van der Waals surface area contributed by atoms with Crippen molar-refractivity contribution in [2.75, 3.05) is 11.9 Å². The Balaban J connectivity index is 1.43. The average molecular weight is 408 g/mol. The number of benzene rings is 2. The Morgan fingerprint density at radius 2 is 2.00 bits per heavy atom. The van der Waals surface area contributed by atoms with Crippen molar-refractivity contribution in [1.82, 2.24) is 19.3 Å². The largest absolute Gasteiger partial charge is 0.490 e. The molecule has 0 bridgehead atoms. The molecule has 0 fully saturated rings. The van der Waals surface area contributed by atoms with E-state index in [2.05, 4.69) is 15.4 Å². The van der Waals surface area contributed by atoms with Crippen molar-refractivity contribution in [2.45, 2.75) is 6.54 Å². The quantitative estimate of drug-likeness (QED) is 0.501. The van der Waals surface area contributed by atoms with Crippen molar-refractivity contribution >= 4 is 23.2 Å². The molecule has 0 saturated carbocycles. The fourth-order valence-corrected chi connectivity index (χ4v) is 2.95. The summed E-state index contributed by atoms with van der Waals surface area (Å²) in [6.45, 7) is 1.11. The van der Waals surface area contributed by atoms with Crippen molar-refractivity contribution in [2.24, 2.45) is 0 Å². The second-order valence-electron chi connectivity index (χ2n) is 6.22. The number of hydrogen-bond donors (Lipinski definition) is 1. The summed E-state index contributed by atoms with van der Waals surface area (Å²) in [6.07, 6.45) is 7.03. The van der Waals surface area contributed by atoms with Crippen LogP contribution in [-0.2, 0) is 6.54 Å². The number of ether oxygens (including phenoxy) is 1. The van der Waals surface area contributed by atoms with Crippen molar-refractivity contribution in [3.05, 3.63) is 90.2 Å². The minimum atomic E-state index is -0.323. The van der Waals surface area contributed by atoms with Gasteiger partial charge in [-0.1, -0.05) is 29.8 Å². The van der Waals surface area contributed by atoms with Gasteiger partial charge in [0, 0.05) is 23.6 Å². The van der Waals surface area contributed by atoms with Crippen LogP contribution in [0.1, 0.15) is 10.5 Å². The predicted molar refractivity (Wildman–Crippen MR) is 111 cm³/mol. The van der Waals surface area contributed by atoms with Gasteiger partial charge in [0.15, 0.2) is 5.69 Å². The summed E-state index contributed by atoms with van der Waals surface area (Å²) in [5, 5.41) is 7.80. The second kappa shape index (κ2) is 8.62. The Labute approximate surface area is 172 Å². The normalized spacial score (nSPS) is 10.7. The van der Waals surface area contributed by atoms with Crippen LogP contribution in [0.2, 0.25) is 5.02 Å². The van der Waals surface area contributed by atoms with E-state index in [0.717, 1.165) is 5.69 Å². The average Bonchev–Trinajstić information content (AvgIpc) is 3.41. The first-order valence-corrected chi connectivity index (χ1v) is 9.37. The number of para-hydroxylation sites is 2. The lowest BCUT2D eigenvalue weighted by atomic mass is 10.3. The smallest absolute Gasteiger partial charge is 0.276 e. The van der Waals surface area contributed by atoms with Gasteiger partial charge < -0.3 is 14.6 Å². The van der Waals surface area contributed by atoms with Crippen molar-refractivity contribution in [1.29, 1.82) is 0 Å². The van der Waals surface area contributed by atoms with Crippen LogP contribution in [-0.4, -0.2) is 31.8 Å². The number of rotatable bonds is 7. The van der Waals surface area contributed by atoms with E-state index in [1.54, 1.807) is 47.7 Å². The Kier molecular flexibility index (Phi) is 5.58. The zero-order valence-electron chi connectivity index (χ0n) is 15.4. The fraction of sp³-hybridized carbons (Fsp3) is 0.0952. The molecule has 7 nitrogen and oxygen atoms in total. The molecule has 4 rings (SSSR count). The second-order valence-corrected chi connectivity index (χ2v) is 6.66. The molecule has 8 heteroatoms. The fourth-order valence-electron chi connectivity index (χ4n) is 2.77. The molecule has 1 N–H and O–H groups in total. The van der Waals surface area contributed by atoms with Gasteiger partial charge >= 0.3 is 0 Å². The third-order valence-corrected chi connectivity index (χ3v) is 4.43. The summed E-state index contributed by atoms with van der Waals surface area (Å²) >= 11 is 6.02. The molecule has 2 aromatic heterocycles.